The van der Waals surface area contributed by atoms with Gasteiger partial charge >= 0.3 is 5.56 Å². The van der Waals surface area contributed by atoms with Gasteiger partial charge in [0.05, 0.1) is 13.4 Å². The number of aromatic nitrogens is 4. The molecule has 0 saturated heterocycles. The van der Waals surface area contributed by atoms with Crippen molar-refractivity contribution in [3.8, 4) is 0 Å². The highest BCUT2D eigenvalue weighted by Gasteiger charge is 2.07. The maximum atomic E-state index is 11.2. The van der Waals surface area contributed by atoms with Crippen LogP contribution >= 0.6 is 0 Å². The van der Waals surface area contributed by atoms with Gasteiger partial charge in [0.2, 0.25) is 17.5 Å². The quantitative estimate of drug-likeness (QED) is 0.531. The molecule has 5 heteroatoms. The average Bonchev–Trinajstić information content (AvgIpc) is 2.44. The molecule has 0 bridgehead atoms. The number of aromatic amines is 2. The fraction of sp³-hybridized carbons (Fsp3) is 0.167. The lowest BCUT2D eigenvalue weighted by Crippen LogP contribution is -2.29. The Bertz CT molecular complexity index is 529. The van der Waals surface area contributed by atoms with E-state index < -0.39 is 5.56 Å². The molecule has 0 radical (unpaired) electrons. The Kier molecular flexibility index (Phi) is 0.744. The first-order valence-corrected chi connectivity index (χ1v) is 3.06. The molecule has 56 valence electrons. The Morgan fingerprint density at radius 2 is 2.82 bits per heavy atom. The molecule has 0 unspecified atom stereocenters. The van der Waals surface area contributed by atoms with Gasteiger partial charge in [-0.3, -0.25) is 0 Å². The fourth-order valence-corrected chi connectivity index (χ4v) is 0.913. The third kappa shape index (κ3) is 0.739. The molecule has 0 aliphatic carbocycles. The first-order chi connectivity index (χ1) is 6.11. The van der Waals surface area contributed by atoms with Crippen LogP contribution < -0.4 is 10.5 Å². The molecule has 0 aliphatic rings. The lowest BCUT2D eigenvalue weighted by molar-refractivity contribution is -0.401. The number of nitrogens with zero attached hydrogens (tertiary/aromatic N) is 2. The Morgan fingerprint density at radius 1 is 2.00 bits per heavy atom. The van der Waals surface area contributed by atoms with E-state index in [-0.39, 0.29) is 11.8 Å². The van der Waals surface area contributed by atoms with Crippen molar-refractivity contribution in [2.75, 3.05) is 0 Å². The number of hydrogen-bond donors (Lipinski definition) is 1. The van der Waals surface area contributed by atoms with Crippen molar-refractivity contribution in [2.24, 2.45) is 7.05 Å². The number of aryl methyl sites for hydroxylation is 1. The van der Waals surface area contributed by atoms with Crippen molar-refractivity contribution in [3.05, 3.63) is 23.0 Å². The summed E-state index contributed by atoms with van der Waals surface area (Å²) in [7, 11) is 1.59. The predicted octanol–water partition coefficient (Wildman–Crippen LogP) is -0.924. The Morgan fingerprint density at radius 3 is 3.64 bits per heavy atom. The van der Waals surface area contributed by atoms with Crippen LogP contribution in [0.1, 0.15) is 1.37 Å². The maximum absolute atomic E-state index is 11.2. The third-order valence-electron chi connectivity index (χ3n) is 1.45. The summed E-state index contributed by atoms with van der Waals surface area (Å²) < 4.78 is 16.1. The van der Waals surface area contributed by atoms with E-state index in [4.69, 9.17) is 2.78 Å². The topological polar surface area (TPSA) is 64.8 Å². The summed E-state index contributed by atoms with van der Waals surface area (Å²) in [4.78, 5) is 18.2. The molecule has 0 amide bonds. The zero-order chi connectivity index (χ0) is 9.59. The minimum Gasteiger partial charge on any atom is -0.311 e. The van der Waals surface area contributed by atoms with Crippen LogP contribution in [0.3, 0.4) is 0 Å². The highest BCUT2D eigenvalue weighted by Crippen LogP contribution is 1.97. The van der Waals surface area contributed by atoms with Crippen LogP contribution in [0, 0.1) is 0 Å². The fourth-order valence-electron chi connectivity index (χ4n) is 0.913. The number of imidazole rings is 1. The highest BCUT2D eigenvalue weighted by molar-refractivity contribution is 5.67. The van der Waals surface area contributed by atoms with E-state index in [1.165, 1.54) is 10.9 Å². The van der Waals surface area contributed by atoms with Gasteiger partial charge in [-0.05, 0) is 0 Å². The van der Waals surface area contributed by atoms with Gasteiger partial charge in [-0.25, -0.2) is 19.3 Å². The minimum atomic E-state index is -0.441. The molecule has 11 heavy (non-hydrogen) atoms. The first-order valence-electron chi connectivity index (χ1n) is 4.01. The Hall–Kier alpha value is -1.65. The second-order valence-electron chi connectivity index (χ2n) is 2.17. The molecule has 2 heterocycles. The number of fused-ring (bicyclic) bond motifs is 1. The number of nitrogens with one attached hydrogen (secondary N) is 2. The number of hydrogen-bond acceptors (Lipinski definition) is 2. The van der Waals surface area contributed by atoms with E-state index in [2.05, 4.69) is 9.97 Å². The molecule has 5 nitrogen and oxygen atoms in total. The van der Waals surface area contributed by atoms with Gasteiger partial charge in [0.25, 0.3) is 0 Å². The first kappa shape index (κ1) is 4.27. The summed E-state index contributed by atoms with van der Waals surface area (Å²) in [5.74, 6) is 0. The number of H-pyrrole nitrogens is 2. The van der Waals surface area contributed by atoms with Gasteiger partial charge in [0.15, 0.2) is 2.78 Å². The van der Waals surface area contributed by atoms with Gasteiger partial charge in [-0.15, -0.1) is 0 Å². The lowest BCUT2D eigenvalue weighted by Gasteiger charge is -1.87. The normalized spacial score (nSPS) is 13.2. The van der Waals surface area contributed by atoms with Crippen LogP contribution in [0.5, 0.6) is 0 Å². The summed E-state index contributed by atoms with van der Waals surface area (Å²) in [6, 6.07) is 0. The summed E-state index contributed by atoms with van der Waals surface area (Å²) in [5, 5.41) is 0. The SMILES string of the molecule is [2H]c1[nH+]c(=O)c2ncn([2H])c2n1C. The Balaban J connectivity index is 3.10. The molecule has 2 N–H and O–H groups in total. The summed E-state index contributed by atoms with van der Waals surface area (Å²) >= 11 is 0. The lowest BCUT2D eigenvalue weighted by atomic mass is 10.5. The van der Waals surface area contributed by atoms with Crippen molar-refractivity contribution < 1.29 is 7.77 Å². The van der Waals surface area contributed by atoms with Crippen LogP contribution in [0.15, 0.2) is 17.4 Å². The molecule has 0 spiro atoms. The van der Waals surface area contributed by atoms with E-state index in [1.807, 2.05) is 0 Å². The van der Waals surface area contributed by atoms with Gasteiger partial charge < -0.3 is 4.98 Å². The maximum Gasteiger partial charge on any atom is 0.363 e. The van der Waals surface area contributed by atoms with Gasteiger partial charge in [-0.1, -0.05) is 0 Å². The van der Waals surface area contributed by atoms with E-state index >= 15 is 0 Å². The molecule has 2 aromatic rings. The number of rotatable bonds is 0. The van der Waals surface area contributed by atoms with E-state index in [9.17, 15) is 4.79 Å². The van der Waals surface area contributed by atoms with Gasteiger partial charge in [0.1, 0.15) is 0 Å². The summed E-state index contributed by atoms with van der Waals surface area (Å²) in [6.45, 7) is 0. The molecule has 0 atom stereocenters. The van der Waals surface area contributed by atoms with E-state index in [0.29, 0.717) is 5.65 Å². The standard InChI is InChI=1S/C6H6N4O/c1-10-3-9-6(11)4-5(10)8-2-7-4/h2-3H,1H3,(H,7,8)/p+1/i3D/hD. The molecule has 0 aromatic carbocycles. The second kappa shape index (κ2) is 1.91. The zero-order valence-electron chi connectivity index (χ0n) is 7.83. The summed E-state index contributed by atoms with van der Waals surface area (Å²) in [6.07, 6.45) is 1.17. The smallest absolute Gasteiger partial charge is 0.311 e. The van der Waals surface area contributed by atoms with Crippen molar-refractivity contribution in [1.29, 1.82) is 0 Å². The van der Waals surface area contributed by atoms with Crippen molar-refractivity contribution in [3.63, 3.8) is 0 Å². The zero-order valence-corrected chi connectivity index (χ0v) is 5.83. The molecule has 0 aliphatic heterocycles. The van der Waals surface area contributed by atoms with Crippen LogP contribution in [0.2, 0.25) is 1.41 Å². The van der Waals surface area contributed by atoms with E-state index in [0.717, 1.165) is 4.98 Å². The van der Waals surface area contributed by atoms with Gasteiger partial charge in [0, 0.05) is 0 Å². The van der Waals surface area contributed by atoms with Crippen LogP contribution in [0.4, 0.5) is 0 Å². The molecule has 0 saturated carbocycles. The molecular formula is C6H7N4O+. The monoisotopic (exact) mass is 153 g/mol. The van der Waals surface area contributed by atoms with Crippen molar-refractivity contribution >= 4 is 11.2 Å². The van der Waals surface area contributed by atoms with Crippen LogP contribution in [-0.4, -0.2) is 14.5 Å². The summed E-state index contributed by atoms with van der Waals surface area (Å²) in [5.41, 5.74) is 0.0475. The van der Waals surface area contributed by atoms with Crippen molar-refractivity contribution in [1.82, 2.24) is 14.5 Å². The molecule has 0 fully saturated rings. The third-order valence-corrected chi connectivity index (χ3v) is 1.45. The van der Waals surface area contributed by atoms with Crippen LogP contribution in [-0.2, 0) is 7.05 Å². The minimum absolute atomic E-state index is 0.0495. The largest absolute Gasteiger partial charge is 0.363 e. The molecule has 2 aromatic heterocycles. The molecule has 2 rings (SSSR count). The average molecular weight is 153 g/mol. The molecular weight excluding hydrogens is 144 g/mol. The van der Waals surface area contributed by atoms with Crippen LogP contribution in [0.25, 0.3) is 11.2 Å². The highest BCUT2D eigenvalue weighted by atomic mass is 16.1. The van der Waals surface area contributed by atoms with E-state index in [1.54, 1.807) is 7.05 Å². The van der Waals surface area contributed by atoms with Crippen molar-refractivity contribution in [2.45, 2.75) is 0 Å². The van der Waals surface area contributed by atoms with Gasteiger partial charge in [-0.2, -0.15) is 0 Å². The Labute approximate surface area is 64.6 Å². The second-order valence-corrected chi connectivity index (χ2v) is 2.17. The predicted molar refractivity (Wildman–Crippen MR) is 37.9 cm³/mol.